The molecule has 0 bridgehead atoms. The number of hydrogen-bond acceptors (Lipinski definition) is 5. The monoisotopic (exact) mass is 327 g/mol. The van der Waals surface area contributed by atoms with Gasteiger partial charge in [-0.2, -0.15) is 0 Å². The van der Waals surface area contributed by atoms with Gasteiger partial charge in [0.15, 0.2) is 0 Å². The topological polar surface area (TPSA) is 83.7 Å². The maximum atomic E-state index is 11.7. The van der Waals surface area contributed by atoms with Crippen LogP contribution in [-0.4, -0.2) is 54.4 Å². The van der Waals surface area contributed by atoms with Gasteiger partial charge in [0.05, 0.1) is 0 Å². The third kappa shape index (κ3) is 5.31. The van der Waals surface area contributed by atoms with Crippen molar-refractivity contribution in [2.45, 2.75) is 9.79 Å². The van der Waals surface area contributed by atoms with Gasteiger partial charge in [-0.05, 0) is 41.7 Å². The van der Waals surface area contributed by atoms with Gasteiger partial charge in [-0.1, -0.05) is 0 Å². The first kappa shape index (κ1) is 17.4. The second-order valence-electron chi connectivity index (χ2n) is 4.58. The van der Waals surface area contributed by atoms with Gasteiger partial charge in [0.2, 0.25) is 5.91 Å². The summed E-state index contributed by atoms with van der Waals surface area (Å²) in [7, 11) is 6.55. The zero-order chi connectivity index (χ0) is 16.2. The number of nitrogens with zero attached hydrogens (tertiary/aromatic N) is 2. The standard InChI is InChI=1S/C13H17N3O3S2/c1-15(2)12(18)20-9-5-8(11(14)17)6-10(7-9)21-13(19)16(3)4/h5-7H,1-4H3,(H2,14,17). The Kier molecular flexibility index (Phi) is 6.10. The number of carbonyl (C=O) groups is 3. The molecule has 0 saturated heterocycles. The van der Waals surface area contributed by atoms with Crippen LogP contribution in [0.4, 0.5) is 9.59 Å². The van der Waals surface area contributed by atoms with Crippen molar-refractivity contribution in [3.63, 3.8) is 0 Å². The number of carbonyl (C=O) groups excluding carboxylic acids is 3. The second kappa shape index (κ2) is 7.37. The molecule has 0 unspecified atom stereocenters. The Morgan fingerprint density at radius 3 is 1.52 bits per heavy atom. The fourth-order valence-corrected chi connectivity index (χ4v) is 2.80. The molecule has 0 atom stereocenters. The Hall–Kier alpha value is -1.67. The molecule has 0 aromatic heterocycles. The van der Waals surface area contributed by atoms with E-state index < -0.39 is 5.91 Å². The zero-order valence-corrected chi connectivity index (χ0v) is 13.9. The number of rotatable bonds is 3. The van der Waals surface area contributed by atoms with E-state index in [1.165, 1.54) is 9.80 Å². The maximum absolute atomic E-state index is 11.7. The van der Waals surface area contributed by atoms with Crippen LogP contribution in [0.15, 0.2) is 28.0 Å². The molecule has 0 radical (unpaired) electrons. The Labute approximate surface area is 132 Å². The SMILES string of the molecule is CN(C)C(=O)Sc1cc(SC(=O)N(C)C)cc(C(N)=O)c1. The molecule has 1 aromatic carbocycles. The Bertz CT molecular complexity index is 534. The van der Waals surface area contributed by atoms with Crippen LogP contribution < -0.4 is 5.73 Å². The molecule has 2 N–H and O–H groups in total. The molecule has 0 fully saturated rings. The van der Waals surface area contributed by atoms with Gasteiger partial charge in [0, 0.05) is 43.5 Å². The average molecular weight is 327 g/mol. The molecule has 0 saturated carbocycles. The molecule has 114 valence electrons. The summed E-state index contributed by atoms with van der Waals surface area (Å²) in [6, 6.07) is 4.77. The van der Waals surface area contributed by atoms with E-state index in [1.54, 1.807) is 46.4 Å². The van der Waals surface area contributed by atoms with Crippen LogP contribution in [-0.2, 0) is 0 Å². The molecule has 1 aromatic rings. The lowest BCUT2D eigenvalue weighted by atomic mass is 10.2. The summed E-state index contributed by atoms with van der Waals surface area (Å²) in [6.45, 7) is 0. The molecule has 1 rings (SSSR count). The van der Waals surface area contributed by atoms with E-state index in [0.29, 0.717) is 9.79 Å². The van der Waals surface area contributed by atoms with E-state index in [2.05, 4.69) is 0 Å². The summed E-state index contributed by atoms with van der Waals surface area (Å²) in [6.07, 6.45) is 0. The average Bonchev–Trinajstić information content (AvgIpc) is 2.37. The fourth-order valence-electron chi connectivity index (χ4n) is 1.22. The van der Waals surface area contributed by atoms with E-state index >= 15 is 0 Å². The highest BCUT2D eigenvalue weighted by Gasteiger charge is 2.14. The van der Waals surface area contributed by atoms with Gasteiger partial charge >= 0.3 is 0 Å². The van der Waals surface area contributed by atoms with Crippen molar-refractivity contribution in [3.8, 4) is 0 Å². The number of benzene rings is 1. The van der Waals surface area contributed by atoms with Gasteiger partial charge in [-0.3, -0.25) is 14.4 Å². The summed E-state index contributed by atoms with van der Waals surface area (Å²) in [4.78, 5) is 38.8. The van der Waals surface area contributed by atoms with E-state index in [0.717, 1.165) is 23.5 Å². The largest absolute Gasteiger partial charge is 0.366 e. The van der Waals surface area contributed by atoms with Crippen molar-refractivity contribution in [3.05, 3.63) is 23.8 Å². The Morgan fingerprint density at radius 1 is 0.857 bits per heavy atom. The molecule has 0 aliphatic carbocycles. The lowest BCUT2D eigenvalue weighted by Crippen LogP contribution is -2.17. The number of thioether (sulfide) groups is 2. The van der Waals surface area contributed by atoms with Crippen LogP contribution in [0.5, 0.6) is 0 Å². The Morgan fingerprint density at radius 2 is 1.24 bits per heavy atom. The second-order valence-corrected chi connectivity index (χ2v) is 6.63. The van der Waals surface area contributed by atoms with Crippen molar-refractivity contribution in [2.24, 2.45) is 5.73 Å². The van der Waals surface area contributed by atoms with Gasteiger partial charge in [0.25, 0.3) is 10.5 Å². The molecule has 8 heteroatoms. The molecule has 0 aliphatic rings. The highest BCUT2D eigenvalue weighted by atomic mass is 32.2. The summed E-state index contributed by atoms with van der Waals surface area (Å²) in [5.74, 6) is -0.603. The highest BCUT2D eigenvalue weighted by Crippen LogP contribution is 2.29. The molecule has 6 nitrogen and oxygen atoms in total. The van der Waals surface area contributed by atoms with Gasteiger partial charge < -0.3 is 15.5 Å². The molecule has 0 heterocycles. The van der Waals surface area contributed by atoms with Crippen molar-refractivity contribution >= 4 is 39.9 Å². The third-order valence-electron chi connectivity index (χ3n) is 2.31. The predicted octanol–water partition coefficient (Wildman–Crippen LogP) is 2.33. The van der Waals surface area contributed by atoms with Crippen LogP contribution >= 0.6 is 23.5 Å². The van der Waals surface area contributed by atoms with Crippen LogP contribution in [0, 0.1) is 0 Å². The quantitative estimate of drug-likeness (QED) is 0.861. The summed E-state index contributed by atoms with van der Waals surface area (Å²) in [5.41, 5.74) is 5.55. The van der Waals surface area contributed by atoms with Crippen molar-refractivity contribution in [1.82, 2.24) is 9.80 Å². The molecular weight excluding hydrogens is 310 g/mol. The van der Waals surface area contributed by atoms with Crippen molar-refractivity contribution < 1.29 is 14.4 Å². The van der Waals surface area contributed by atoms with Crippen LogP contribution in [0.1, 0.15) is 10.4 Å². The summed E-state index contributed by atoms with van der Waals surface area (Å²) >= 11 is 1.95. The summed E-state index contributed by atoms with van der Waals surface area (Å²) in [5, 5.41) is -0.349. The zero-order valence-electron chi connectivity index (χ0n) is 12.2. The number of nitrogens with two attached hydrogens (primary N) is 1. The highest BCUT2D eigenvalue weighted by molar-refractivity contribution is 8.14. The summed E-state index contributed by atoms with van der Waals surface area (Å²) < 4.78 is 0. The number of amides is 3. The third-order valence-corrected chi connectivity index (χ3v) is 4.33. The first-order chi connectivity index (χ1) is 9.70. The maximum Gasteiger partial charge on any atom is 0.285 e. The lowest BCUT2D eigenvalue weighted by molar-refractivity contribution is 0.0999. The minimum atomic E-state index is -0.603. The predicted molar refractivity (Wildman–Crippen MR) is 84.8 cm³/mol. The number of primary amides is 1. The first-order valence-corrected chi connectivity index (χ1v) is 7.57. The van der Waals surface area contributed by atoms with Crippen LogP contribution in [0.2, 0.25) is 0 Å². The van der Waals surface area contributed by atoms with Gasteiger partial charge in [-0.15, -0.1) is 0 Å². The van der Waals surface area contributed by atoms with Gasteiger partial charge in [-0.25, -0.2) is 0 Å². The van der Waals surface area contributed by atoms with E-state index in [9.17, 15) is 14.4 Å². The molecule has 0 aliphatic heterocycles. The molecule has 3 amide bonds. The normalized spacial score (nSPS) is 10.1. The molecule has 0 spiro atoms. The van der Waals surface area contributed by atoms with E-state index in [4.69, 9.17) is 5.73 Å². The minimum Gasteiger partial charge on any atom is -0.366 e. The van der Waals surface area contributed by atoms with Crippen molar-refractivity contribution in [2.75, 3.05) is 28.2 Å². The van der Waals surface area contributed by atoms with Gasteiger partial charge in [0.1, 0.15) is 0 Å². The van der Waals surface area contributed by atoms with Crippen LogP contribution in [0.3, 0.4) is 0 Å². The van der Waals surface area contributed by atoms with E-state index in [1.807, 2.05) is 0 Å². The minimum absolute atomic E-state index is 0.175. The fraction of sp³-hybridized carbons (Fsp3) is 0.308. The Balaban J connectivity index is 3.08. The van der Waals surface area contributed by atoms with Crippen molar-refractivity contribution in [1.29, 1.82) is 0 Å². The van der Waals surface area contributed by atoms with Crippen LogP contribution in [0.25, 0.3) is 0 Å². The smallest absolute Gasteiger partial charge is 0.285 e. The van der Waals surface area contributed by atoms with E-state index in [-0.39, 0.29) is 16.0 Å². The first-order valence-electron chi connectivity index (χ1n) is 5.94. The number of hydrogen-bond donors (Lipinski definition) is 1. The molecule has 21 heavy (non-hydrogen) atoms. The lowest BCUT2D eigenvalue weighted by Gasteiger charge is -2.12. The molecular formula is C13H17N3O3S2.